The first kappa shape index (κ1) is 16.6. The molecule has 3 heteroatoms. The Kier molecular flexibility index (Phi) is 3.87. The van der Waals surface area contributed by atoms with Crippen molar-refractivity contribution in [2.24, 2.45) is 0 Å². The van der Waals surface area contributed by atoms with Gasteiger partial charge >= 0.3 is 0 Å². The van der Waals surface area contributed by atoms with Crippen molar-refractivity contribution < 1.29 is 4.42 Å². The van der Waals surface area contributed by atoms with Gasteiger partial charge in [0.1, 0.15) is 5.58 Å². The van der Waals surface area contributed by atoms with Crippen LogP contribution in [0.1, 0.15) is 13.8 Å². The number of hydrogen-bond acceptors (Lipinski definition) is 2. The molecule has 0 radical (unpaired) electrons. The molecule has 3 aromatic carbocycles. The van der Waals surface area contributed by atoms with Gasteiger partial charge in [-0.2, -0.15) is 0 Å². The Bertz CT molecular complexity index is 1390. The third-order valence-corrected chi connectivity index (χ3v) is 5.10. The Labute approximate surface area is 162 Å². The lowest BCUT2D eigenvalue weighted by molar-refractivity contribution is 0.667. The fourth-order valence-corrected chi connectivity index (χ4v) is 3.96. The van der Waals surface area contributed by atoms with E-state index < -0.39 is 0 Å². The SMILES string of the molecule is CC.c1ccc2c(c1)c1ccccc1n2-c1ccc2oc3cnccc3c2c1. The van der Waals surface area contributed by atoms with Gasteiger partial charge in [0.15, 0.2) is 5.58 Å². The molecule has 0 saturated carbocycles. The average Bonchev–Trinajstić information content (AvgIpc) is 3.30. The highest BCUT2D eigenvalue weighted by Gasteiger charge is 2.13. The van der Waals surface area contributed by atoms with Crippen LogP contribution in [0, 0.1) is 0 Å². The van der Waals surface area contributed by atoms with Crippen molar-refractivity contribution in [3.63, 3.8) is 0 Å². The Morgan fingerprint density at radius 2 is 1.36 bits per heavy atom. The fraction of sp³-hybridized carbons (Fsp3) is 0.0800. The molecule has 136 valence electrons. The third kappa shape index (κ3) is 2.33. The predicted octanol–water partition coefficient (Wildman–Crippen LogP) is 7.10. The molecule has 0 bridgehead atoms. The van der Waals surface area contributed by atoms with E-state index in [1.54, 1.807) is 6.20 Å². The molecule has 0 amide bonds. The molecule has 0 spiro atoms. The maximum Gasteiger partial charge on any atom is 0.153 e. The molecule has 0 fully saturated rings. The summed E-state index contributed by atoms with van der Waals surface area (Å²) in [7, 11) is 0. The fourth-order valence-electron chi connectivity index (χ4n) is 3.96. The molecule has 0 unspecified atom stereocenters. The molecule has 0 saturated heterocycles. The molecular weight excluding hydrogens is 344 g/mol. The Balaban J connectivity index is 0.000000829. The van der Waals surface area contributed by atoms with Crippen LogP contribution in [0.4, 0.5) is 0 Å². The number of benzene rings is 3. The van der Waals surface area contributed by atoms with Crippen LogP contribution >= 0.6 is 0 Å². The molecule has 3 heterocycles. The lowest BCUT2D eigenvalue weighted by atomic mass is 10.1. The second-order valence-electron chi connectivity index (χ2n) is 6.52. The minimum atomic E-state index is 0.821. The van der Waals surface area contributed by atoms with Gasteiger partial charge in [0.25, 0.3) is 0 Å². The molecule has 6 aromatic rings. The number of furan rings is 1. The zero-order valence-electron chi connectivity index (χ0n) is 15.9. The zero-order chi connectivity index (χ0) is 19.1. The van der Waals surface area contributed by atoms with Crippen LogP contribution in [0.15, 0.2) is 89.6 Å². The number of pyridine rings is 1. The molecule has 3 nitrogen and oxygen atoms in total. The van der Waals surface area contributed by atoms with Crippen LogP contribution < -0.4 is 0 Å². The van der Waals surface area contributed by atoms with E-state index in [-0.39, 0.29) is 0 Å². The van der Waals surface area contributed by atoms with Crippen molar-refractivity contribution in [1.29, 1.82) is 0 Å². The van der Waals surface area contributed by atoms with Crippen molar-refractivity contribution in [3.8, 4) is 5.69 Å². The highest BCUT2D eigenvalue weighted by molar-refractivity contribution is 6.10. The van der Waals surface area contributed by atoms with Crippen LogP contribution in [0.3, 0.4) is 0 Å². The molecule has 0 atom stereocenters. The van der Waals surface area contributed by atoms with Crippen LogP contribution in [-0.2, 0) is 0 Å². The Morgan fingerprint density at radius 1 is 0.679 bits per heavy atom. The first-order valence-electron chi connectivity index (χ1n) is 9.65. The summed E-state index contributed by atoms with van der Waals surface area (Å²) >= 11 is 0. The van der Waals surface area contributed by atoms with Gasteiger partial charge in [-0.15, -0.1) is 0 Å². The minimum absolute atomic E-state index is 0.821. The largest absolute Gasteiger partial charge is 0.454 e. The van der Waals surface area contributed by atoms with E-state index in [2.05, 4.69) is 70.2 Å². The summed E-state index contributed by atoms with van der Waals surface area (Å²) in [6, 6.07) is 25.5. The summed E-state index contributed by atoms with van der Waals surface area (Å²) in [5.41, 5.74) is 5.26. The van der Waals surface area contributed by atoms with Gasteiger partial charge in [0.05, 0.1) is 17.2 Å². The minimum Gasteiger partial charge on any atom is -0.454 e. The first-order chi connectivity index (χ1) is 13.9. The normalized spacial score (nSPS) is 11.2. The van der Waals surface area contributed by atoms with Crippen molar-refractivity contribution >= 4 is 43.7 Å². The highest BCUT2D eigenvalue weighted by Crippen LogP contribution is 2.34. The monoisotopic (exact) mass is 364 g/mol. The maximum absolute atomic E-state index is 5.93. The second-order valence-corrected chi connectivity index (χ2v) is 6.52. The van der Waals surface area contributed by atoms with E-state index in [9.17, 15) is 0 Å². The molecule has 0 aliphatic heterocycles. The topological polar surface area (TPSA) is 31.0 Å². The molecule has 3 aromatic heterocycles. The molecule has 6 rings (SSSR count). The summed E-state index contributed by atoms with van der Waals surface area (Å²) in [5.74, 6) is 0. The predicted molar refractivity (Wildman–Crippen MR) is 117 cm³/mol. The van der Waals surface area contributed by atoms with Crippen LogP contribution in [0.2, 0.25) is 0 Å². The lowest BCUT2D eigenvalue weighted by Gasteiger charge is -2.07. The summed E-state index contributed by atoms with van der Waals surface area (Å²) < 4.78 is 8.25. The van der Waals surface area contributed by atoms with Crippen molar-refractivity contribution in [1.82, 2.24) is 9.55 Å². The van der Waals surface area contributed by atoms with Crippen LogP contribution in [0.5, 0.6) is 0 Å². The van der Waals surface area contributed by atoms with Gasteiger partial charge in [0, 0.05) is 33.4 Å². The molecular formula is C25H20N2O. The van der Waals surface area contributed by atoms with Crippen molar-refractivity contribution in [3.05, 3.63) is 85.2 Å². The average molecular weight is 364 g/mol. The molecule has 0 aliphatic rings. The van der Waals surface area contributed by atoms with Crippen molar-refractivity contribution in [2.75, 3.05) is 0 Å². The molecule has 28 heavy (non-hydrogen) atoms. The van der Waals surface area contributed by atoms with Gasteiger partial charge in [-0.25, -0.2) is 0 Å². The summed E-state index contributed by atoms with van der Waals surface area (Å²) in [4.78, 5) is 4.16. The first-order valence-corrected chi connectivity index (χ1v) is 9.65. The van der Waals surface area contributed by atoms with E-state index in [0.29, 0.717) is 0 Å². The molecule has 0 aliphatic carbocycles. The summed E-state index contributed by atoms with van der Waals surface area (Å²) in [6.45, 7) is 4.00. The summed E-state index contributed by atoms with van der Waals surface area (Å²) in [6.07, 6.45) is 3.58. The Hall–Kier alpha value is -3.59. The smallest absolute Gasteiger partial charge is 0.153 e. The number of rotatable bonds is 1. The number of hydrogen-bond donors (Lipinski definition) is 0. The van der Waals surface area contributed by atoms with E-state index >= 15 is 0 Å². The number of nitrogens with zero attached hydrogens (tertiary/aromatic N) is 2. The molecule has 0 N–H and O–H groups in total. The van der Waals surface area contributed by atoms with E-state index in [4.69, 9.17) is 4.42 Å². The quantitative estimate of drug-likeness (QED) is 0.311. The van der Waals surface area contributed by atoms with Gasteiger partial charge in [-0.05, 0) is 36.4 Å². The maximum atomic E-state index is 5.93. The van der Waals surface area contributed by atoms with Gasteiger partial charge in [-0.3, -0.25) is 4.98 Å². The number of para-hydroxylation sites is 2. The van der Waals surface area contributed by atoms with Crippen LogP contribution in [-0.4, -0.2) is 9.55 Å². The summed E-state index contributed by atoms with van der Waals surface area (Å²) in [5, 5.41) is 4.74. The third-order valence-electron chi connectivity index (χ3n) is 5.10. The zero-order valence-corrected chi connectivity index (χ0v) is 15.9. The van der Waals surface area contributed by atoms with Gasteiger partial charge in [-0.1, -0.05) is 50.2 Å². The number of fused-ring (bicyclic) bond motifs is 6. The number of aromatic nitrogens is 2. The van der Waals surface area contributed by atoms with E-state index in [1.165, 1.54) is 21.8 Å². The Morgan fingerprint density at radius 3 is 2.07 bits per heavy atom. The van der Waals surface area contributed by atoms with Gasteiger partial charge in [0.2, 0.25) is 0 Å². The van der Waals surface area contributed by atoms with E-state index in [0.717, 1.165) is 27.6 Å². The van der Waals surface area contributed by atoms with Crippen molar-refractivity contribution in [2.45, 2.75) is 13.8 Å². The second kappa shape index (κ2) is 6.54. The van der Waals surface area contributed by atoms with Gasteiger partial charge < -0.3 is 8.98 Å². The standard InChI is InChI=1S/C23H14N2O.C2H6/c1-3-7-20-16(5-1)17-6-2-4-8-21(17)25(20)15-9-10-22-19(13-15)18-11-12-24-14-23(18)26-22;1-2/h1-14H;1-2H3. The van der Waals surface area contributed by atoms with E-state index in [1.807, 2.05) is 32.2 Å². The van der Waals surface area contributed by atoms with Crippen LogP contribution in [0.25, 0.3) is 49.4 Å². The highest BCUT2D eigenvalue weighted by atomic mass is 16.3. The lowest BCUT2D eigenvalue weighted by Crippen LogP contribution is -1.93.